The Morgan fingerprint density at radius 1 is 1.04 bits per heavy atom. The lowest BCUT2D eigenvalue weighted by Crippen LogP contribution is -1.94. The minimum atomic E-state index is 0.0624. The third-order valence-corrected chi connectivity index (χ3v) is 4.13. The number of para-hydroxylation sites is 2. The van der Waals surface area contributed by atoms with E-state index in [2.05, 4.69) is 9.98 Å². The molecular weight excluding hydrogens is 326 g/mol. The van der Waals surface area contributed by atoms with Crippen LogP contribution in [0.3, 0.4) is 0 Å². The maximum absolute atomic E-state index is 9.94. The molecule has 4 aromatic rings. The molecule has 5 nitrogen and oxygen atoms in total. The molecule has 0 spiro atoms. The van der Waals surface area contributed by atoms with Gasteiger partial charge in [-0.2, -0.15) is 0 Å². The van der Waals surface area contributed by atoms with Crippen molar-refractivity contribution < 1.29 is 9.52 Å². The summed E-state index contributed by atoms with van der Waals surface area (Å²) in [5.74, 6) is 0.649. The smallest absolute Gasteiger partial charge is 0.227 e. The summed E-state index contributed by atoms with van der Waals surface area (Å²) in [7, 11) is 0. The van der Waals surface area contributed by atoms with Crippen LogP contribution in [0.1, 0.15) is 12.5 Å². The Morgan fingerprint density at radius 3 is 2.54 bits per heavy atom. The normalized spacial score (nSPS) is 11.8. The zero-order chi connectivity index (χ0) is 18.1. The summed E-state index contributed by atoms with van der Waals surface area (Å²) in [6.07, 6.45) is 0. The second kappa shape index (κ2) is 6.37. The van der Waals surface area contributed by atoms with Crippen LogP contribution in [0.4, 0.5) is 11.4 Å². The molecule has 1 aromatic heterocycles. The molecular formula is C21H17N3O2. The molecule has 3 N–H and O–H groups in total. The average Bonchev–Trinajstić information content (AvgIpc) is 3.08. The SMILES string of the molecule is C/C(=N\c1ccc(N)cc1O)c1ccc(-c2nc3ccccc3o2)cc1. The van der Waals surface area contributed by atoms with Gasteiger partial charge in [-0.15, -0.1) is 0 Å². The Hall–Kier alpha value is -3.60. The Bertz CT molecular complexity index is 1080. The summed E-state index contributed by atoms with van der Waals surface area (Å²) in [6, 6.07) is 20.4. The van der Waals surface area contributed by atoms with Crippen molar-refractivity contribution in [1.29, 1.82) is 0 Å². The van der Waals surface area contributed by atoms with E-state index in [1.165, 1.54) is 6.07 Å². The maximum atomic E-state index is 9.94. The summed E-state index contributed by atoms with van der Waals surface area (Å²) < 4.78 is 5.79. The third-order valence-electron chi connectivity index (χ3n) is 4.13. The second-order valence-electron chi connectivity index (χ2n) is 6.01. The number of hydrogen-bond donors (Lipinski definition) is 2. The number of phenols is 1. The van der Waals surface area contributed by atoms with Crippen molar-refractivity contribution in [2.75, 3.05) is 5.73 Å². The topological polar surface area (TPSA) is 84.6 Å². The third kappa shape index (κ3) is 3.02. The van der Waals surface area contributed by atoms with Gasteiger partial charge in [-0.05, 0) is 48.9 Å². The van der Waals surface area contributed by atoms with E-state index in [9.17, 15) is 5.11 Å². The number of phenolic OH excluding ortho intramolecular Hbond substituents is 1. The van der Waals surface area contributed by atoms with Crippen LogP contribution in [-0.4, -0.2) is 15.8 Å². The van der Waals surface area contributed by atoms with Gasteiger partial charge in [0.05, 0.1) is 0 Å². The number of oxazole rings is 1. The van der Waals surface area contributed by atoms with E-state index in [1.807, 2.05) is 55.5 Å². The molecule has 0 aliphatic heterocycles. The van der Waals surface area contributed by atoms with Gasteiger partial charge in [0.2, 0.25) is 5.89 Å². The second-order valence-corrected chi connectivity index (χ2v) is 6.01. The Kier molecular flexibility index (Phi) is 3.89. The number of benzene rings is 3. The fraction of sp³-hybridized carbons (Fsp3) is 0.0476. The fourth-order valence-corrected chi connectivity index (χ4v) is 2.73. The van der Waals surface area contributed by atoms with Gasteiger partial charge in [0.15, 0.2) is 5.58 Å². The molecule has 0 bridgehead atoms. The van der Waals surface area contributed by atoms with E-state index in [0.29, 0.717) is 17.3 Å². The largest absolute Gasteiger partial charge is 0.506 e. The summed E-state index contributed by atoms with van der Waals surface area (Å²) in [4.78, 5) is 8.98. The zero-order valence-corrected chi connectivity index (χ0v) is 14.2. The number of anilines is 1. The minimum absolute atomic E-state index is 0.0624. The van der Waals surface area contributed by atoms with Crippen molar-refractivity contribution in [3.8, 4) is 17.2 Å². The monoisotopic (exact) mass is 343 g/mol. The van der Waals surface area contributed by atoms with E-state index in [-0.39, 0.29) is 5.75 Å². The summed E-state index contributed by atoms with van der Waals surface area (Å²) in [5, 5.41) is 9.94. The predicted molar refractivity (Wildman–Crippen MR) is 104 cm³/mol. The van der Waals surface area contributed by atoms with Crippen LogP contribution in [-0.2, 0) is 0 Å². The van der Waals surface area contributed by atoms with Gasteiger partial charge in [0.25, 0.3) is 0 Å². The molecule has 26 heavy (non-hydrogen) atoms. The molecule has 128 valence electrons. The van der Waals surface area contributed by atoms with Gasteiger partial charge in [0, 0.05) is 23.0 Å². The summed E-state index contributed by atoms with van der Waals surface area (Å²) in [6.45, 7) is 1.89. The van der Waals surface area contributed by atoms with Crippen molar-refractivity contribution in [2.24, 2.45) is 4.99 Å². The number of fused-ring (bicyclic) bond motifs is 1. The highest BCUT2D eigenvalue weighted by atomic mass is 16.3. The molecule has 0 aliphatic carbocycles. The van der Waals surface area contributed by atoms with Crippen LogP contribution < -0.4 is 5.73 Å². The number of aromatic nitrogens is 1. The van der Waals surface area contributed by atoms with Crippen LogP contribution in [0.25, 0.3) is 22.6 Å². The molecule has 0 saturated carbocycles. The molecule has 0 radical (unpaired) electrons. The molecule has 0 atom stereocenters. The van der Waals surface area contributed by atoms with Gasteiger partial charge in [-0.25, -0.2) is 9.98 Å². The van der Waals surface area contributed by atoms with Crippen LogP contribution in [0.2, 0.25) is 0 Å². The standard InChI is InChI=1S/C21H17N3O2/c1-13(23-17-11-10-16(22)12-19(17)25)14-6-8-15(9-7-14)21-24-18-4-2-3-5-20(18)26-21/h2-12,25H,22H2,1H3/b23-13+. The van der Waals surface area contributed by atoms with Crippen molar-refractivity contribution in [2.45, 2.75) is 6.92 Å². The maximum Gasteiger partial charge on any atom is 0.227 e. The van der Waals surface area contributed by atoms with E-state index >= 15 is 0 Å². The van der Waals surface area contributed by atoms with Crippen molar-refractivity contribution in [1.82, 2.24) is 4.98 Å². The molecule has 0 fully saturated rings. The first-order chi connectivity index (χ1) is 12.6. The Labute approximate surface area is 150 Å². The van der Waals surface area contributed by atoms with Crippen molar-refractivity contribution in [3.05, 3.63) is 72.3 Å². The number of nitrogen functional groups attached to an aromatic ring is 1. The first-order valence-corrected chi connectivity index (χ1v) is 8.20. The number of hydrogen-bond acceptors (Lipinski definition) is 5. The van der Waals surface area contributed by atoms with Crippen LogP contribution >= 0.6 is 0 Å². The lowest BCUT2D eigenvalue weighted by atomic mass is 10.1. The average molecular weight is 343 g/mol. The highest BCUT2D eigenvalue weighted by Crippen LogP contribution is 2.29. The lowest BCUT2D eigenvalue weighted by molar-refractivity contribution is 0.477. The molecule has 0 amide bonds. The summed E-state index contributed by atoms with van der Waals surface area (Å²) >= 11 is 0. The van der Waals surface area contributed by atoms with Crippen LogP contribution in [0, 0.1) is 0 Å². The number of rotatable bonds is 3. The zero-order valence-electron chi connectivity index (χ0n) is 14.2. The van der Waals surface area contributed by atoms with E-state index in [0.717, 1.165) is 27.9 Å². The van der Waals surface area contributed by atoms with Gasteiger partial charge >= 0.3 is 0 Å². The molecule has 0 aliphatic rings. The molecule has 0 unspecified atom stereocenters. The minimum Gasteiger partial charge on any atom is -0.506 e. The number of nitrogens with zero attached hydrogens (tertiary/aromatic N) is 2. The van der Waals surface area contributed by atoms with Gasteiger partial charge in [0.1, 0.15) is 17.0 Å². The van der Waals surface area contributed by atoms with Crippen molar-refractivity contribution in [3.63, 3.8) is 0 Å². The number of aromatic hydroxyl groups is 1. The summed E-state index contributed by atoms with van der Waals surface area (Å²) in [5.41, 5.74) is 10.9. The van der Waals surface area contributed by atoms with Gasteiger partial charge < -0.3 is 15.3 Å². The molecule has 3 aromatic carbocycles. The van der Waals surface area contributed by atoms with E-state index in [1.54, 1.807) is 12.1 Å². The lowest BCUT2D eigenvalue weighted by Gasteiger charge is -2.04. The number of nitrogens with two attached hydrogens (primary N) is 1. The van der Waals surface area contributed by atoms with E-state index < -0.39 is 0 Å². The Morgan fingerprint density at radius 2 is 1.81 bits per heavy atom. The first kappa shape index (κ1) is 15.9. The highest BCUT2D eigenvalue weighted by Gasteiger charge is 2.08. The first-order valence-electron chi connectivity index (χ1n) is 8.20. The predicted octanol–water partition coefficient (Wildman–Crippen LogP) is 4.92. The molecule has 4 rings (SSSR count). The number of aliphatic imine (C=N–C) groups is 1. The van der Waals surface area contributed by atoms with Gasteiger partial charge in [-0.3, -0.25) is 0 Å². The highest BCUT2D eigenvalue weighted by molar-refractivity contribution is 6.00. The van der Waals surface area contributed by atoms with E-state index in [4.69, 9.17) is 10.2 Å². The van der Waals surface area contributed by atoms with Crippen LogP contribution in [0.5, 0.6) is 5.75 Å². The Balaban J connectivity index is 1.63. The van der Waals surface area contributed by atoms with Gasteiger partial charge in [-0.1, -0.05) is 24.3 Å². The van der Waals surface area contributed by atoms with Crippen LogP contribution in [0.15, 0.2) is 76.1 Å². The molecule has 1 heterocycles. The quantitative estimate of drug-likeness (QED) is 0.408. The van der Waals surface area contributed by atoms with Crippen molar-refractivity contribution >= 4 is 28.2 Å². The molecule has 5 heteroatoms. The fourth-order valence-electron chi connectivity index (χ4n) is 2.73. The molecule has 0 saturated heterocycles.